The van der Waals surface area contributed by atoms with E-state index in [0.29, 0.717) is 0 Å². The predicted octanol–water partition coefficient (Wildman–Crippen LogP) is 4.80. The zero-order valence-corrected chi connectivity index (χ0v) is 17.2. The van der Waals surface area contributed by atoms with Crippen LogP contribution in [0.5, 0.6) is 0 Å². The van der Waals surface area contributed by atoms with E-state index < -0.39 is 5.41 Å². The van der Waals surface area contributed by atoms with Crippen LogP contribution in [0.3, 0.4) is 0 Å². The zero-order valence-electron chi connectivity index (χ0n) is 17.2. The number of hydrogen-bond donors (Lipinski definition) is 2. The van der Waals surface area contributed by atoms with Gasteiger partial charge in [-0.15, -0.1) is 0 Å². The molecule has 2 rings (SSSR count). The van der Waals surface area contributed by atoms with Crippen LogP contribution in [0.1, 0.15) is 76.5 Å². The monoisotopic (exact) mass is 360 g/mol. The summed E-state index contributed by atoms with van der Waals surface area (Å²) in [5, 5.41) is 12.9. The van der Waals surface area contributed by atoms with E-state index in [1.165, 1.54) is 43.4 Å². The molecule has 0 atom stereocenters. The number of nitrogens with one attached hydrogen (secondary N) is 1. The van der Waals surface area contributed by atoms with Crippen molar-refractivity contribution in [2.24, 2.45) is 5.41 Å². The Morgan fingerprint density at radius 1 is 1.23 bits per heavy atom. The molecule has 0 aromatic heterocycles. The first kappa shape index (κ1) is 20.8. The first-order valence-corrected chi connectivity index (χ1v) is 10.1. The Morgan fingerprint density at radius 2 is 1.92 bits per heavy atom. The summed E-state index contributed by atoms with van der Waals surface area (Å²) >= 11 is 0. The van der Waals surface area contributed by atoms with Crippen molar-refractivity contribution in [1.82, 2.24) is 0 Å². The lowest BCUT2D eigenvalue weighted by Gasteiger charge is -2.27. The molecule has 0 aliphatic carbocycles. The molecular weight excluding hydrogens is 324 g/mol. The van der Waals surface area contributed by atoms with Crippen LogP contribution in [0, 0.1) is 12.3 Å². The number of rotatable bonds is 8. The Hall–Kier alpha value is -1.55. The third-order valence-electron chi connectivity index (χ3n) is 5.34. The van der Waals surface area contributed by atoms with Gasteiger partial charge in [-0.25, -0.2) is 0 Å². The van der Waals surface area contributed by atoms with E-state index >= 15 is 0 Å². The smallest absolute Gasteiger partial charge is 0.229 e. The van der Waals surface area contributed by atoms with Crippen LogP contribution in [0.15, 0.2) is 6.07 Å². The molecule has 0 radical (unpaired) electrons. The third-order valence-corrected chi connectivity index (χ3v) is 5.34. The van der Waals surface area contributed by atoms with Crippen molar-refractivity contribution < 1.29 is 9.90 Å². The Bertz CT molecular complexity index is 632. The molecule has 146 valence electrons. The highest BCUT2D eigenvalue weighted by molar-refractivity contribution is 5.99. The molecule has 1 heterocycles. The quantitative estimate of drug-likeness (QED) is 0.655. The van der Waals surface area contributed by atoms with Crippen molar-refractivity contribution in [3.8, 4) is 0 Å². The first-order chi connectivity index (χ1) is 12.3. The number of aliphatic hydroxyl groups excluding tert-OH is 1. The maximum absolute atomic E-state index is 12.6. The molecule has 0 fully saturated rings. The van der Waals surface area contributed by atoms with Crippen LogP contribution in [0.4, 0.5) is 11.4 Å². The maximum Gasteiger partial charge on any atom is 0.229 e. The van der Waals surface area contributed by atoms with Crippen LogP contribution < -0.4 is 10.2 Å². The summed E-state index contributed by atoms with van der Waals surface area (Å²) in [6.45, 7) is 12.1. The summed E-state index contributed by atoms with van der Waals surface area (Å²) in [6, 6.07) is 2.12. The molecule has 2 N–H and O–H groups in total. The van der Waals surface area contributed by atoms with Crippen molar-refractivity contribution in [1.29, 1.82) is 0 Å². The normalized spacial score (nSPS) is 13.8. The number of unbranched alkanes of at least 4 members (excludes halogenated alkanes) is 4. The van der Waals surface area contributed by atoms with Gasteiger partial charge in [0.25, 0.3) is 0 Å². The van der Waals surface area contributed by atoms with Crippen LogP contribution in [0.25, 0.3) is 0 Å². The molecule has 26 heavy (non-hydrogen) atoms. The molecule has 1 aromatic carbocycles. The van der Waals surface area contributed by atoms with Crippen molar-refractivity contribution in [2.45, 2.75) is 79.8 Å². The van der Waals surface area contributed by atoms with Crippen LogP contribution in [-0.2, 0) is 17.8 Å². The Labute approximate surface area is 159 Å². The lowest BCUT2D eigenvalue weighted by Crippen LogP contribution is -2.30. The van der Waals surface area contributed by atoms with Gasteiger partial charge in [-0.1, -0.05) is 59.4 Å². The average molecular weight is 361 g/mol. The van der Waals surface area contributed by atoms with Crippen molar-refractivity contribution in [3.63, 3.8) is 0 Å². The highest BCUT2D eigenvalue weighted by Crippen LogP contribution is 2.40. The average Bonchev–Trinajstić information content (AvgIpc) is 2.98. The summed E-state index contributed by atoms with van der Waals surface area (Å²) in [5.74, 6) is 0.0210. The number of hydrogen-bond acceptors (Lipinski definition) is 3. The fourth-order valence-electron chi connectivity index (χ4n) is 3.55. The number of benzene rings is 1. The molecule has 0 spiro atoms. The minimum Gasteiger partial charge on any atom is -0.392 e. The van der Waals surface area contributed by atoms with Crippen LogP contribution in [0.2, 0.25) is 0 Å². The van der Waals surface area contributed by atoms with Crippen molar-refractivity contribution in [2.75, 3.05) is 23.3 Å². The molecule has 0 bridgehead atoms. The van der Waals surface area contributed by atoms with Crippen molar-refractivity contribution >= 4 is 17.3 Å². The molecule has 1 aliphatic heterocycles. The van der Waals surface area contributed by atoms with E-state index in [9.17, 15) is 9.90 Å². The minimum atomic E-state index is -0.446. The molecule has 1 aromatic rings. The van der Waals surface area contributed by atoms with Gasteiger partial charge in [0.1, 0.15) is 0 Å². The summed E-state index contributed by atoms with van der Waals surface area (Å²) in [7, 11) is 0. The Kier molecular flexibility index (Phi) is 7.10. The summed E-state index contributed by atoms with van der Waals surface area (Å²) in [5.41, 5.74) is 4.78. The topological polar surface area (TPSA) is 52.6 Å². The van der Waals surface area contributed by atoms with Gasteiger partial charge in [0.05, 0.1) is 18.0 Å². The number of amides is 1. The molecular formula is C22H36N2O2. The molecule has 4 nitrogen and oxygen atoms in total. The second kappa shape index (κ2) is 8.90. The van der Waals surface area contributed by atoms with E-state index in [0.717, 1.165) is 36.3 Å². The summed E-state index contributed by atoms with van der Waals surface area (Å²) < 4.78 is 0. The second-order valence-corrected chi connectivity index (χ2v) is 8.56. The Balaban J connectivity index is 2.26. The highest BCUT2D eigenvalue weighted by Gasteiger charge is 2.29. The van der Waals surface area contributed by atoms with Gasteiger partial charge in [0.15, 0.2) is 0 Å². The van der Waals surface area contributed by atoms with Gasteiger partial charge in [0, 0.05) is 18.5 Å². The van der Waals surface area contributed by atoms with Gasteiger partial charge < -0.3 is 15.3 Å². The maximum atomic E-state index is 12.6. The molecule has 1 aliphatic rings. The molecule has 0 unspecified atom stereocenters. The van der Waals surface area contributed by atoms with E-state index in [1.54, 1.807) is 0 Å². The SMILES string of the molecule is CCCCCCCN1CCc2cc(CO)c(C)c(NC(=O)C(C)(C)C)c21. The lowest BCUT2D eigenvalue weighted by atomic mass is 9.94. The highest BCUT2D eigenvalue weighted by atomic mass is 16.3. The first-order valence-electron chi connectivity index (χ1n) is 10.1. The zero-order chi connectivity index (χ0) is 19.3. The summed E-state index contributed by atoms with van der Waals surface area (Å²) in [6.07, 6.45) is 7.30. The second-order valence-electron chi connectivity index (χ2n) is 8.56. The molecule has 4 heteroatoms. The van der Waals surface area contributed by atoms with E-state index in [-0.39, 0.29) is 12.5 Å². The van der Waals surface area contributed by atoms with Crippen LogP contribution >= 0.6 is 0 Å². The number of carbonyl (C=O) groups excluding carboxylic acids is 1. The number of nitrogens with zero attached hydrogens (tertiary/aromatic N) is 1. The minimum absolute atomic E-state index is 0.00845. The fraction of sp³-hybridized carbons (Fsp3) is 0.682. The van der Waals surface area contributed by atoms with Gasteiger partial charge in [-0.3, -0.25) is 4.79 Å². The van der Waals surface area contributed by atoms with Crippen molar-refractivity contribution in [3.05, 3.63) is 22.8 Å². The van der Waals surface area contributed by atoms with Gasteiger partial charge in [0.2, 0.25) is 5.91 Å². The van der Waals surface area contributed by atoms with Gasteiger partial charge in [-0.2, -0.15) is 0 Å². The van der Waals surface area contributed by atoms with Gasteiger partial charge in [-0.05, 0) is 36.5 Å². The third kappa shape index (κ3) is 4.79. The van der Waals surface area contributed by atoms with E-state index in [4.69, 9.17) is 0 Å². The lowest BCUT2D eigenvalue weighted by molar-refractivity contribution is -0.123. The van der Waals surface area contributed by atoms with Crippen LogP contribution in [-0.4, -0.2) is 24.1 Å². The molecule has 1 amide bonds. The summed E-state index contributed by atoms with van der Waals surface area (Å²) in [4.78, 5) is 15.1. The number of fused-ring (bicyclic) bond motifs is 1. The molecule has 0 saturated carbocycles. The van der Waals surface area contributed by atoms with E-state index in [2.05, 4.69) is 23.2 Å². The van der Waals surface area contributed by atoms with E-state index in [1.807, 2.05) is 27.7 Å². The number of carbonyl (C=O) groups is 1. The largest absolute Gasteiger partial charge is 0.392 e. The predicted molar refractivity (Wildman–Crippen MR) is 110 cm³/mol. The van der Waals surface area contributed by atoms with Gasteiger partial charge >= 0.3 is 0 Å². The standard InChI is InChI=1S/C22H36N2O2/c1-6-7-8-9-10-12-24-13-11-17-14-18(15-25)16(2)19(20(17)24)23-21(26)22(3,4)5/h14,25H,6-13,15H2,1-5H3,(H,23,26). The Morgan fingerprint density at radius 3 is 2.54 bits per heavy atom. The molecule has 0 saturated heterocycles. The number of aliphatic hydroxyl groups is 1. The fourth-order valence-corrected chi connectivity index (χ4v) is 3.55. The number of anilines is 2.